The fourth-order valence-electron chi connectivity index (χ4n) is 1.79. The minimum absolute atomic E-state index is 0.254. The summed E-state index contributed by atoms with van der Waals surface area (Å²) in [4.78, 5) is 13.0. The van der Waals surface area contributed by atoms with Crippen molar-refractivity contribution >= 4 is 11.5 Å². The highest BCUT2D eigenvalue weighted by Gasteiger charge is 2.04. The summed E-state index contributed by atoms with van der Waals surface area (Å²) < 4.78 is 5.23. The van der Waals surface area contributed by atoms with Crippen LogP contribution in [0, 0.1) is 6.92 Å². The van der Waals surface area contributed by atoms with E-state index < -0.39 is 0 Å². The summed E-state index contributed by atoms with van der Waals surface area (Å²) in [6, 6.07) is 6.12. The maximum absolute atomic E-state index is 10.9. The second-order valence-corrected chi connectivity index (χ2v) is 4.38. The number of rotatable bonds is 6. The van der Waals surface area contributed by atoms with Crippen molar-refractivity contribution < 1.29 is 9.53 Å². The van der Waals surface area contributed by atoms with Gasteiger partial charge >= 0.3 is 0 Å². The van der Waals surface area contributed by atoms with Crippen molar-refractivity contribution in [2.75, 3.05) is 25.6 Å². The Bertz CT molecular complexity index is 388. The van der Waals surface area contributed by atoms with Gasteiger partial charge in [0.1, 0.15) is 11.5 Å². The SMILES string of the molecule is COc1ccc(N(C)CCCC(C)=O)cc1C. The van der Waals surface area contributed by atoms with Gasteiger partial charge in [0.2, 0.25) is 0 Å². The molecule has 0 spiro atoms. The summed E-state index contributed by atoms with van der Waals surface area (Å²) in [5, 5.41) is 0. The Hall–Kier alpha value is -1.51. The van der Waals surface area contributed by atoms with Gasteiger partial charge in [0.25, 0.3) is 0 Å². The monoisotopic (exact) mass is 235 g/mol. The van der Waals surface area contributed by atoms with E-state index >= 15 is 0 Å². The molecule has 94 valence electrons. The average Bonchev–Trinajstić information content (AvgIpc) is 2.28. The largest absolute Gasteiger partial charge is 0.496 e. The highest BCUT2D eigenvalue weighted by atomic mass is 16.5. The Balaban J connectivity index is 2.59. The molecule has 0 radical (unpaired) electrons. The Morgan fingerprint density at radius 1 is 1.41 bits per heavy atom. The third kappa shape index (κ3) is 4.10. The zero-order chi connectivity index (χ0) is 12.8. The average molecular weight is 235 g/mol. The number of carbonyl (C=O) groups excluding carboxylic acids is 1. The van der Waals surface area contributed by atoms with Crippen LogP contribution in [0.25, 0.3) is 0 Å². The number of benzene rings is 1. The van der Waals surface area contributed by atoms with Crippen molar-refractivity contribution in [3.63, 3.8) is 0 Å². The molecule has 0 atom stereocenters. The van der Waals surface area contributed by atoms with Gasteiger partial charge in [-0.15, -0.1) is 0 Å². The molecule has 0 saturated carbocycles. The molecule has 1 aromatic carbocycles. The molecule has 0 amide bonds. The van der Waals surface area contributed by atoms with Crippen LogP contribution in [-0.2, 0) is 4.79 Å². The van der Waals surface area contributed by atoms with Crippen LogP contribution in [0.1, 0.15) is 25.3 Å². The molecule has 3 heteroatoms. The number of aryl methyl sites for hydroxylation is 1. The van der Waals surface area contributed by atoms with Gasteiger partial charge in [-0.25, -0.2) is 0 Å². The van der Waals surface area contributed by atoms with Crippen LogP contribution in [0.2, 0.25) is 0 Å². The minimum Gasteiger partial charge on any atom is -0.496 e. The first-order valence-corrected chi connectivity index (χ1v) is 5.90. The molecular formula is C14H21NO2. The first-order valence-electron chi connectivity index (χ1n) is 5.90. The molecular weight excluding hydrogens is 214 g/mol. The first-order chi connectivity index (χ1) is 8.04. The van der Waals surface area contributed by atoms with Gasteiger partial charge in [0, 0.05) is 25.7 Å². The second kappa shape index (κ2) is 6.28. The van der Waals surface area contributed by atoms with E-state index in [4.69, 9.17) is 4.74 Å². The maximum atomic E-state index is 10.9. The number of ether oxygens (including phenoxy) is 1. The van der Waals surface area contributed by atoms with Gasteiger partial charge in [-0.05, 0) is 44.0 Å². The fourth-order valence-corrected chi connectivity index (χ4v) is 1.79. The lowest BCUT2D eigenvalue weighted by atomic mass is 10.1. The zero-order valence-electron chi connectivity index (χ0n) is 11.1. The molecule has 1 rings (SSSR count). The van der Waals surface area contributed by atoms with Gasteiger partial charge in [0.05, 0.1) is 7.11 Å². The molecule has 0 bridgehead atoms. The molecule has 3 nitrogen and oxygen atoms in total. The van der Waals surface area contributed by atoms with E-state index in [2.05, 4.69) is 11.0 Å². The number of hydrogen-bond acceptors (Lipinski definition) is 3. The van der Waals surface area contributed by atoms with Gasteiger partial charge in [-0.1, -0.05) is 0 Å². The topological polar surface area (TPSA) is 29.5 Å². The van der Waals surface area contributed by atoms with Gasteiger partial charge < -0.3 is 14.4 Å². The smallest absolute Gasteiger partial charge is 0.129 e. The van der Waals surface area contributed by atoms with Crippen LogP contribution < -0.4 is 9.64 Å². The predicted octanol–water partition coefficient (Wildman–Crippen LogP) is 2.81. The number of nitrogens with zero attached hydrogens (tertiary/aromatic N) is 1. The maximum Gasteiger partial charge on any atom is 0.129 e. The van der Waals surface area contributed by atoms with Crippen LogP contribution in [-0.4, -0.2) is 26.5 Å². The fraction of sp³-hybridized carbons (Fsp3) is 0.500. The molecule has 0 heterocycles. The normalized spacial score (nSPS) is 10.1. The summed E-state index contributed by atoms with van der Waals surface area (Å²) in [6.07, 6.45) is 1.55. The molecule has 0 fully saturated rings. The minimum atomic E-state index is 0.254. The number of ketones is 1. The summed E-state index contributed by atoms with van der Waals surface area (Å²) in [5.41, 5.74) is 2.29. The summed E-state index contributed by atoms with van der Waals surface area (Å²) >= 11 is 0. The quantitative estimate of drug-likeness (QED) is 0.759. The number of carbonyl (C=O) groups is 1. The van der Waals surface area contributed by atoms with E-state index in [0.717, 1.165) is 30.0 Å². The molecule has 0 aliphatic carbocycles. The number of hydrogen-bond donors (Lipinski definition) is 0. The number of methoxy groups -OCH3 is 1. The van der Waals surface area contributed by atoms with Crippen molar-refractivity contribution in [1.29, 1.82) is 0 Å². The van der Waals surface area contributed by atoms with Crippen molar-refractivity contribution in [3.05, 3.63) is 23.8 Å². The lowest BCUT2D eigenvalue weighted by Crippen LogP contribution is -2.19. The van der Waals surface area contributed by atoms with Crippen LogP contribution >= 0.6 is 0 Å². The molecule has 0 aromatic heterocycles. The van der Waals surface area contributed by atoms with E-state index in [9.17, 15) is 4.79 Å². The molecule has 0 N–H and O–H groups in total. The van der Waals surface area contributed by atoms with Crippen LogP contribution in [0.5, 0.6) is 5.75 Å². The van der Waals surface area contributed by atoms with E-state index in [1.54, 1.807) is 14.0 Å². The van der Waals surface area contributed by atoms with Crippen molar-refractivity contribution in [2.24, 2.45) is 0 Å². The van der Waals surface area contributed by atoms with Crippen LogP contribution in [0.4, 0.5) is 5.69 Å². The molecule has 0 aliphatic rings. The Morgan fingerprint density at radius 3 is 2.65 bits per heavy atom. The second-order valence-electron chi connectivity index (χ2n) is 4.38. The Kier molecular flexibility index (Phi) is 5.01. The lowest BCUT2D eigenvalue weighted by Gasteiger charge is -2.20. The number of anilines is 1. The molecule has 0 saturated heterocycles. The molecule has 17 heavy (non-hydrogen) atoms. The highest BCUT2D eigenvalue weighted by Crippen LogP contribution is 2.23. The summed E-state index contributed by atoms with van der Waals surface area (Å²) in [7, 11) is 3.72. The Morgan fingerprint density at radius 2 is 2.12 bits per heavy atom. The van der Waals surface area contributed by atoms with Crippen molar-refractivity contribution in [3.8, 4) is 5.75 Å². The van der Waals surface area contributed by atoms with E-state index in [1.807, 2.05) is 26.1 Å². The Labute approximate surface area is 103 Å². The molecule has 0 aliphatic heterocycles. The van der Waals surface area contributed by atoms with E-state index in [1.165, 1.54) is 0 Å². The van der Waals surface area contributed by atoms with Crippen LogP contribution in [0.15, 0.2) is 18.2 Å². The lowest BCUT2D eigenvalue weighted by molar-refractivity contribution is -0.117. The van der Waals surface area contributed by atoms with Gasteiger partial charge in [-0.3, -0.25) is 0 Å². The van der Waals surface area contributed by atoms with Crippen molar-refractivity contribution in [1.82, 2.24) is 0 Å². The highest BCUT2D eigenvalue weighted by molar-refractivity contribution is 5.75. The van der Waals surface area contributed by atoms with E-state index in [0.29, 0.717) is 6.42 Å². The van der Waals surface area contributed by atoms with Gasteiger partial charge in [-0.2, -0.15) is 0 Å². The third-order valence-electron chi connectivity index (χ3n) is 2.84. The van der Waals surface area contributed by atoms with Crippen LogP contribution in [0.3, 0.4) is 0 Å². The third-order valence-corrected chi connectivity index (χ3v) is 2.84. The van der Waals surface area contributed by atoms with Crippen molar-refractivity contribution in [2.45, 2.75) is 26.7 Å². The summed E-state index contributed by atoms with van der Waals surface area (Å²) in [6.45, 7) is 4.56. The summed E-state index contributed by atoms with van der Waals surface area (Å²) in [5.74, 6) is 1.16. The predicted molar refractivity (Wildman–Crippen MR) is 70.9 cm³/mol. The molecule has 0 unspecified atom stereocenters. The standard InChI is InChI=1S/C14H21NO2/c1-11-10-13(7-8-14(11)17-4)15(3)9-5-6-12(2)16/h7-8,10H,5-6,9H2,1-4H3. The molecule has 1 aromatic rings. The zero-order valence-corrected chi connectivity index (χ0v) is 11.1. The number of Topliss-reactive ketones (excluding diaryl/α,β-unsaturated/α-hetero) is 1. The van der Waals surface area contributed by atoms with Gasteiger partial charge in [0.15, 0.2) is 0 Å². The first kappa shape index (κ1) is 13.6. The van der Waals surface area contributed by atoms with E-state index in [-0.39, 0.29) is 5.78 Å².